The number of carbonyl (C=O) groups is 2. The van der Waals surface area contributed by atoms with E-state index in [1.54, 1.807) is 11.0 Å². The third-order valence-corrected chi connectivity index (χ3v) is 3.96. The molecule has 0 atom stereocenters. The van der Waals surface area contributed by atoms with Crippen LogP contribution in [0.5, 0.6) is 0 Å². The van der Waals surface area contributed by atoms with Crippen LogP contribution in [0.2, 0.25) is 0 Å². The largest absolute Gasteiger partial charge is 0.445 e. The number of hydrogen-bond acceptors (Lipinski definition) is 3. The zero-order valence-electron chi connectivity index (χ0n) is 13.7. The Bertz CT molecular complexity index is 546. The van der Waals surface area contributed by atoms with E-state index in [2.05, 4.69) is 37.8 Å². The number of piperazine rings is 1. The Kier molecular flexibility index (Phi) is 6.20. The van der Waals surface area contributed by atoms with Gasteiger partial charge in [-0.2, -0.15) is 0 Å². The second-order valence-electron chi connectivity index (χ2n) is 5.72. The quantitative estimate of drug-likeness (QED) is 0.784. The topological polar surface area (TPSA) is 49.9 Å². The molecule has 2 amide bonds. The van der Waals surface area contributed by atoms with Gasteiger partial charge in [-0.15, -0.1) is 0 Å². The number of ether oxygens (including phenoxy) is 1. The van der Waals surface area contributed by atoms with Crippen molar-refractivity contribution in [2.75, 3.05) is 32.8 Å². The first-order valence-electron chi connectivity index (χ1n) is 7.96. The molecule has 1 aromatic rings. The van der Waals surface area contributed by atoms with Gasteiger partial charge in [-0.1, -0.05) is 42.5 Å². The smallest absolute Gasteiger partial charge is 0.410 e. The van der Waals surface area contributed by atoms with Crippen LogP contribution in [0, 0.1) is 6.92 Å². The van der Waals surface area contributed by atoms with Gasteiger partial charge in [0.25, 0.3) is 0 Å². The minimum absolute atomic E-state index is 0.143. The summed E-state index contributed by atoms with van der Waals surface area (Å²) in [6, 6.07) is 8.26. The molecule has 0 aromatic heterocycles. The maximum atomic E-state index is 12.3. The summed E-state index contributed by atoms with van der Waals surface area (Å²) < 4.78 is 5.01. The lowest BCUT2D eigenvalue weighted by Gasteiger charge is -2.34. The van der Waals surface area contributed by atoms with E-state index in [-0.39, 0.29) is 18.6 Å². The van der Waals surface area contributed by atoms with Crippen LogP contribution in [-0.2, 0) is 16.0 Å². The van der Waals surface area contributed by atoms with Crippen molar-refractivity contribution >= 4 is 12.0 Å². The fraction of sp³-hybridized carbons (Fsp3) is 0.444. The Morgan fingerprint density at radius 3 is 2.35 bits per heavy atom. The van der Waals surface area contributed by atoms with Crippen LogP contribution in [-0.4, -0.2) is 54.6 Å². The second kappa shape index (κ2) is 8.36. The molecular formula is C18H24N2O3. The van der Waals surface area contributed by atoms with Gasteiger partial charge in [0.1, 0.15) is 6.61 Å². The number of amides is 2. The zero-order chi connectivity index (χ0) is 16.7. The lowest BCUT2D eigenvalue weighted by molar-refractivity contribution is -0.132. The molecular weight excluding hydrogens is 292 g/mol. The van der Waals surface area contributed by atoms with Crippen molar-refractivity contribution in [3.8, 4) is 0 Å². The highest BCUT2D eigenvalue weighted by atomic mass is 16.6. The summed E-state index contributed by atoms with van der Waals surface area (Å²) in [5.41, 5.74) is 2.40. The molecule has 0 unspecified atom stereocenters. The maximum Gasteiger partial charge on any atom is 0.410 e. The van der Waals surface area contributed by atoms with E-state index in [1.807, 2.05) is 4.90 Å². The highest BCUT2D eigenvalue weighted by Gasteiger charge is 2.24. The van der Waals surface area contributed by atoms with E-state index in [1.165, 1.54) is 11.1 Å². The SMILES string of the molecule is C=CCOC(=O)N1CCN(C(=O)CCc2ccc(C)cc2)CC1. The van der Waals surface area contributed by atoms with Crippen LogP contribution >= 0.6 is 0 Å². The predicted octanol–water partition coefficient (Wildman–Crippen LogP) is 2.39. The third kappa shape index (κ3) is 5.13. The van der Waals surface area contributed by atoms with Crippen molar-refractivity contribution in [1.29, 1.82) is 0 Å². The van der Waals surface area contributed by atoms with Crippen molar-refractivity contribution in [1.82, 2.24) is 9.80 Å². The van der Waals surface area contributed by atoms with Gasteiger partial charge in [-0.25, -0.2) is 4.79 Å². The van der Waals surface area contributed by atoms with E-state index in [4.69, 9.17) is 4.74 Å². The summed E-state index contributed by atoms with van der Waals surface area (Å²) >= 11 is 0. The van der Waals surface area contributed by atoms with Crippen LogP contribution in [0.15, 0.2) is 36.9 Å². The average Bonchev–Trinajstić information content (AvgIpc) is 2.59. The Morgan fingerprint density at radius 1 is 1.13 bits per heavy atom. The average molecular weight is 316 g/mol. The Labute approximate surface area is 137 Å². The molecule has 0 bridgehead atoms. The minimum Gasteiger partial charge on any atom is -0.445 e. The lowest BCUT2D eigenvalue weighted by atomic mass is 10.1. The van der Waals surface area contributed by atoms with E-state index in [0.29, 0.717) is 32.6 Å². The lowest BCUT2D eigenvalue weighted by Crippen LogP contribution is -2.50. The second-order valence-corrected chi connectivity index (χ2v) is 5.72. The van der Waals surface area contributed by atoms with E-state index < -0.39 is 0 Å². The van der Waals surface area contributed by atoms with Crippen LogP contribution in [0.25, 0.3) is 0 Å². The van der Waals surface area contributed by atoms with E-state index >= 15 is 0 Å². The summed E-state index contributed by atoms with van der Waals surface area (Å²) in [7, 11) is 0. The molecule has 1 saturated heterocycles. The summed E-state index contributed by atoms with van der Waals surface area (Å²) in [6.45, 7) is 7.95. The number of rotatable bonds is 5. The number of carbonyl (C=O) groups excluding carboxylic acids is 2. The number of benzene rings is 1. The highest BCUT2D eigenvalue weighted by molar-refractivity contribution is 5.77. The number of aryl methyl sites for hydroxylation is 2. The fourth-order valence-electron chi connectivity index (χ4n) is 2.52. The molecule has 0 aliphatic carbocycles. The molecule has 0 radical (unpaired) electrons. The predicted molar refractivity (Wildman–Crippen MR) is 89.2 cm³/mol. The summed E-state index contributed by atoms with van der Waals surface area (Å²) in [6.07, 6.45) is 2.46. The maximum absolute atomic E-state index is 12.3. The molecule has 1 aromatic carbocycles. The van der Waals surface area contributed by atoms with Gasteiger partial charge < -0.3 is 14.5 Å². The van der Waals surface area contributed by atoms with Crippen LogP contribution in [0.1, 0.15) is 17.5 Å². The normalized spacial score (nSPS) is 14.5. The van der Waals surface area contributed by atoms with Gasteiger partial charge in [0.2, 0.25) is 5.91 Å². The van der Waals surface area contributed by atoms with Gasteiger partial charge in [0, 0.05) is 32.6 Å². The first-order chi connectivity index (χ1) is 11.1. The Morgan fingerprint density at radius 2 is 1.74 bits per heavy atom. The first-order valence-corrected chi connectivity index (χ1v) is 7.96. The number of hydrogen-bond donors (Lipinski definition) is 0. The van der Waals surface area contributed by atoms with Crippen molar-refractivity contribution < 1.29 is 14.3 Å². The summed E-state index contributed by atoms with van der Waals surface area (Å²) in [4.78, 5) is 27.4. The van der Waals surface area contributed by atoms with E-state index in [9.17, 15) is 9.59 Å². The molecule has 1 heterocycles. The van der Waals surface area contributed by atoms with Gasteiger partial charge in [0.05, 0.1) is 0 Å². The molecule has 23 heavy (non-hydrogen) atoms. The summed E-state index contributed by atoms with van der Waals surface area (Å²) in [5, 5.41) is 0. The highest BCUT2D eigenvalue weighted by Crippen LogP contribution is 2.10. The van der Waals surface area contributed by atoms with Gasteiger partial charge in [-0.3, -0.25) is 4.79 Å². The molecule has 1 aliphatic rings. The molecule has 0 N–H and O–H groups in total. The number of nitrogens with zero attached hydrogens (tertiary/aromatic N) is 2. The van der Waals surface area contributed by atoms with E-state index in [0.717, 1.165) is 6.42 Å². The Hall–Kier alpha value is -2.30. The molecule has 0 saturated carbocycles. The molecule has 0 spiro atoms. The third-order valence-electron chi connectivity index (χ3n) is 3.96. The minimum atomic E-state index is -0.336. The molecule has 5 nitrogen and oxygen atoms in total. The monoisotopic (exact) mass is 316 g/mol. The molecule has 1 aliphatic heterocycles. The van der Waals surface area contributed by atoms with Crippen molar-refractivity contribution in [2.24, 2.45) is 0 Å². The molecule has 5 heteroatoms. The van der Waals surface area contributed by atoms with Gasteiger partial charge in [0.15, 0.2) is 0 Å². The summed E-state index contributed by atoms with van der Waals surface area (Å²) in [5.74, 6) is 0.143. The molecule has 124 valence electrons. The van der Waals surface area contributed by atoms with Crippen LogP contribution < -0.4 is 0 Å². The standard InChI is InChI=1S/C18H24N2O3/c1-3-14-23-18(22)20-12-10-19(11-13-20)17(21)9-8-16-6-4-15(2)5-7-16/h3-7H,1,8-14H2,2H3. The Balaban J connectivity index is 1.74. The zero-order valence-corrected chi connectivity index (χ0v) is 13.7. The van der Waals surface area contributed by atoms with Crippen molar-refractivity contribution in [3.05, 3.63) is 48.0 Å². The van der Waals surface area contributed by atoms with Gasteiger partial charge in [-0.05, 0) is 18.9 Å². The van der Waals surface area contributed by atoms with Gasteiger partial charge >= 0.3 is 6.09 Å². The van der Waals surface area contributed by atoms with Crippen LogP contribution in [0.4, 0.5) is 4.79 Å². The first kappa shape index (κ1) is 17.1. The molecule has 1 fully saturated rings. The molecule has 2 rings (SSSR count). The van der Waals surface area contributed by atoms with Crippen molar-refractivity contribution in [3.63, 3.8) is 0 Å². The van der Waals surface area contributed by atoms with Crippen LogP contribution in [0.3, 0.4) is 0 Å². The fourth-order valence-corrected chi connectivity index (χ4v) is 2.52. The van der Waals surface area contributed by atoms with Crippen molar-refractivity contribution in [2.45, 2.75) is 19.8 Å².